The number of allylic oxidation sites excluding steroid dienone is 1. The first-order chi connectivity index (χ1) is 13.0. The highest BCUT2D eigenvalue weighted by Gasteiger charge is 2.27. The van der Waals surface area contributed by atoms with Crippen molar-refractivity contribution < 1.29 is 9.21 Å². The van der Waals surface area contributed by atoms with Crippen LogP contribution < -0.4 is 16.8 Å². The Labute approximate surface area is 157 Å². The summed E-state index contributed by atoms with van der Waals surface area (Å²) in [6.45, 7) is 0. The Morgan fingerprint density at radius 3 is 2.89 bits per heavy atom. The highest BCUT2D eigenvalue weighted by atomic mass is 16.3. The van der Waals surface area contributed by atoms with E-state index in [1.54, 1.807) is 31.3 Å². The quantitative estimate of drug-likeness (QED) is 0.490. The molecule has 1 aromatic heterocycles. The fourth-order valence-electron chi connectivity index (χ4n) is 3.26. The Kier molecular flexibility index (Phi) is 5.40. The lowest BCUT2D eigenvalue weighted by Gasteiger charge is -2.24. The molecule has 27 heavy (non-hydrogen) atoms. The van der Waals surface area contributed by atoms with E-state index in [2.05, 4.69) is 10.3 Å². The number of benzene rings is 1. The zero-order chi connectivity index (χ0) is 19.4. The number of anilines is 2. The molecule has 6 N–H and O–H groups in total. The number of rotatable bonds is 4. The molecule has 0 bridgehead atoms. The molecule has 0 saturated heterocycles. The molecule has 1 aliphatic carbocycles. The molecule has 0 aliphatic heterocycles. The third-order valence-electron chi connectivity index (χ3n) is 4.81. The van der Waals surface area contributed by atoms with Crippen molar-refractivity contribution in [2.45, 2.75) is 19.3 Å². The minimum Gasteiger partial charge on any atom is -0.472 e. The summed E-state index contributed by atoms with van der Waals surface area (Å²) >= 11 is 0. The smallest absolute Gasteiger partial charge is 0.227 e. The number of furan rings is 1. The van der Waals surface area contributed by atoms with Crippen LogP contribution in [0.2, 0.25) is 0 Å². The predicted octanol–water partition coefficient (Wildman–Crippen LogP) is 2.93. The number of hydrogen-bond acceptors (Lipinski definition) is 6. The van der Waals surface area contributed by atoms with Crippen molar-refractivity contribution in [1.82, 2.24) is 0 Å². The van der Waals surface area contributed by atoms with Gasteiger partial charge in [-0.15, -0.1) is 0 Å². The van der Waals surface area contributed by atoms with Gasteiger partial charge in [0.25, 0.3) is 0 Å². The number of amides is 1. The van der Waals surface area contributed by atoms with Gasteiger partial charge < -0.3 is 21.2 Å². The first-order valence-electron chi connectivity index (χ1n) is 8.72. The van der Waals surface area contributed by atoms with Gasteiger partial charge in [-0.2, -0.15) is 0 Å². The number of nitrogens with zero attached hydrogens (tertiary/aromatic N) is 1. The van der Waals surface area contributed by atoms with E-state index in [9.17, 15) is 4.79 Å². The SMILES string of the molecule is CN=C1CCC(C(=O)Nc2ccc(N)c(C(=N)c3ccoc3)c2)CC1=CN. The number of hydrogen-bond donors (Lipinski definition) is 4. The van der Waals surface area contributed by atoms with Crippen LogP contribution in [0.1, 0.15) is 30.4 Å². The molecule has 1 unspecified atom stereocenters. The van der Waals surface area contributed by atoms with Crippen LogP contribution >= 0.6 is 0 Å². The van der Waals surface area contributed by atoms with Crippen molar-refractivity contribution in [2.75, 3.05) is 18.1 Å². The Balaban J connectivity index is 1.75. The maximum atomic E-state index is 12.7. The molecule has 2 aromatic rings. The number of carbonyl (C=O) groups excluding carboxylic acids is 1. The van der Waals surface area contributed by atoms with E-state index in [0.717, 1.165) is 24.1 Å². The summed E-state index contributed by atoms with van der Waals surface area (Å²) in [4.78, 5) is 16.9. The van der Waals surface area contributed by atoms with Crippen LogP contribution in [0, 0.1) is 11.3 Å². The van der Waals surface area contributed by atoms with Gasteiger partial charge >= 0.3 is 0 Å². The Bertz CT molecular complexity index is 912. The first-order valence-corrected chi connectivity index (χ1v) is 8.72. The topological polar surface area (TPSA) is 130 Å². The summed E-state index contributed by atoms with van der Waals surface area (Å²) < 4.78 is 5.03. The highest BCUT2D eigenvalue weighted by molar-refractivity contribution is 6.14. The van der Waals surface area contributed by atoms with Gasteiger partial charge in [-0.05, 0) is 55.3 Å². The zero-order valence-electron chi connectivity index (χ0n) is 15.2. The monoisotopic (exact) mass is 365 g/mol. The number of nitrogens with one attached hydrogen (secondary N) is 2. The van der Waals surface area contributed by atoms with Crippen molar-refractivity contribution in [3.63, 3.8) is 0 Å². The molecule has 1 atom stereocenters. The summed E-state index contributed by atoms with van der Waals surface area (Å²) in [5.74, 6) is -0.241. The molecule has 1 amide bonds. The fourth-order valence-corrected chi connectivity index (χ4v) is 3.26. The lowest BCUT2D eigenvalue weighted by atomic mass is 9.84. The summed E-state index contributed by atoms with van der Waals surface area (Å²) in [6.07, 6.45) is 6.56. The van der Waals surface area contributed by atoms with Crippen LogP contribution in [-0.4, -0.2) is 24.4 Å². The van der Waals surface area contributed by atoms with Crippen molar-refractivity contribution in [3.05, 3.63) is 59.7 Å². The molecule has 1 fully saturated rings. The van der Waals surface area contributed by atoms with Crippen LogP contribution in [0.3, 0.4) is 0 Å². The molecule has 1 aromatic carbocycles. The molecule has 7 heteroatoms. The molecule has 3 rings (SSSR count). The van der Waals surface area contributed by atoms with Gasteiger partial charge in [-0.3, -0.25) is 15.2 Å². The molecule has 0 radical (unpaired) electrons. The van der Waals surface area contributed by atoms with Gasteiger partial charge in [0, 0.05) is 41.2 Å². The number of carbonyl (C=O) groups is 1. The van der Waals surface area contributed by atoms with E-state index in [1.807, 2.05) is 0 Å². The van der Waals surface area contributed by atoms with E-state index in [-0.39, 0.29) is 17.5 Å². The van der Waals surface area contributed by atoms with Gasteiger partial charge in [0.1, 0.15) is 0 Å². The normalized spacial score (nSPS) is 20.0. The second-order valence-electron chi connectivity index (χ2n) is 6.48. The van der Waals surface area contributed by atoms with E-state index in [0.29, 0.717) is 28.9 Å². The van der Waals surface area contributed by atoms with Gasteiger partial charge in [-0.25, -0.2) is 0 Å². The molecule has 7 nitrogen and oxygen atoms in total. The van der Waals surface area contributed by atoms with Gasteiger partial charge in [0.15, 0.2) is 0 Å². The summed E-state index contributed by atoms with van der Waals surface area (Å²) in [5, 5.41) is 11.2. The summed E-state index contributed by atoms with van der Waals surface area (Å²) in [5.41, 5.74) is 16.1. The average Bonchev–Trinajstić information content (AvgIpc) is 3.23. The second-order valence-corrected chi connectivity index (χ2v) is 6.48. The van der Waals surface area contributed by atoms with Crippen LogP contribution in [0.25, 0.3) is 0 Å². The molecular formula is C20H23N5O2. The first kappa shape index (κ1) is 18.4. The van der Waals surface area contributed by atoms with Gasteiger partial charge in [-0.1, -0.05) is 0 Å². The number of nitrogen functional groups attached to an aromatic ring is 1. The van der Waals surface area contributed by atoms with Crippen molar-refractivity contribution >= 4 is 28.7 Å². The Morgan fingerprint density at radius 2 is 2.22 bits per heavy atom. The third kappa shape index (κ3) is 3.92. The molecule has 0 spiro atoms. The molecule has 1 aliphatic rings. The second kappa shape index (κ2) is 7.90. The molecule has 1 saturated carbocycles. The summed E-state index contributed by atoms with van der Waals surface area (Å²) in [7, 11) is 1.74. The standard InChI is InChI=1S/C20H23N5O2/c1-24-18-5-2-12(8-14(18)10-21)20(26)25-15-3-4-17(22)16(9-15)19(23)13-6-7-27-11-13/h3-4,6-7,9-12,23H,2,5,8,21-22H2,1H3,(H,25,26). The van der Waals surface area contributed by atoms with E-state index >= 15 is 0 Å². The van der Waals surface area contributed by atoms with Crippen molar-refractivity contribution in [3.8, 4) is 0 Å². The third-order valence-corrected chi connectivity index (χ3v) is 4.81. The minimum absolute atomic E-state index is 0.0740. The van der Waals surface area contributed by atoms with E-state index in [1.165, 1.54) is 18.7 Å². The summed E-state index contributed by atoms with van der Waals surface area (Å²) in [6, 6.07) is 6.83. The van der Waals surface area contributed by atoms with Crippen molar-refractivity contribution in [2.24, 2.45) is 16.6 Å². The van der Waals surface area contributed by atoms with E-state index < -0.39 is 0 Å². The van der Waals surface area contributed by atoms with Crippen molar-refractivity contribution in [1.29, 1.82) is 5.41 Å². The number of nitrogens with two attached hydrogens (primary N) is 2. The molecule has 1 heterocycles. The number of aliphatic imine (C=N–C) groups is 1. The maximum absolute atomic E-state index is 12.7. The highest BCUT2D eigenvalue weighted by Crippen LogP contribution is 2.28. The van der Waals surface area contributed by atoms with Crippen LogP contribution in [0.4, 0.5) is 11.4 Å². The van der Waals surface area contributed by atoms with Gasteiger partial charge in [0.2, 0.25) is 5.91 Å². The Morgan fingerprint density at radius 1 is 1.41 bits per heavy atom. The van der Waals surface area contributed by atoms with Crippen LogP contribution in [-0.2, 0) is 4.79 Å². The lowest BCUT2D eigenvalue weighted by molar-refractivity contribution is -0.120. The van der Waals surface area contributed by atoms with Crippen LogP contribution in [0.5, 0.6) is 0 Å². The minimum atomic E-state index is -0.167. The maximum Gasteiger partial charge on any atom is 0.227 e. The average molecular weight is 365 g/mol. The fraction of sp³-hybridized carbons (Fsp3) is 0.250. The van der Waals surface area contributed by atoms with Crippen LogP contribution in [0.15, 0.2) is 58.0 Å². The van der Waals surface area contributed by atoms with Gasteiger partial charge in [0.05, 0.1) is 18.2 Å². The molecule has 140 valence electrons. The molecular weight excluding hydrogens is 342 g/mol. The predicted molar refractivity (Wildman–Crippen MR) is 107 cm³/mol. The Hall–Kier alpha value is -3.35. The zero-order valence-corrected chi connectivity index (χ0v) is 15.2. The largest absolute Gasteiger partial charge is 0.472 e. The lowest BCUT2D eigenvalue weighted by Crippen LogP contribution is -2.29. The van der Waals surface area contributed by atoms with E-state index in [4.69, 9.17) is 21.3 Å².